The maximum atomic E-state index is 12.8. The van der Waals surface area contributed by atoms with E-state index in [4.69, 9.17) is 11.6 Å². The van der Waals surface area contributed by atoms with Gasteiger partial charge in [0.15, 0.2) is 5.84 Å². The number of rotatable bonds is 3. The minimum atomic E-state index is -3.86. The van der Waals surface area contributed by atoms with E-state index in [9.17, 15) is 8.42 Å². The molecular formula is C22H17ClN2O2S. The predicted molar refractivity (Wildman–Crippen MR) is 115 cm³/mol. The van der Waals surface area contributed by atoms with Crippen LogP contribution in [0.3, 0.4) is 0 Å². The summed E-state index contributed by atoms with van der Waals surface area (Å²) in [6, 6.07) is 21.7. The largest absolute Gasteiger partial charge is 0.339 e. The fourth-order valence-corrected chi connectivity index (χ4v) is 4.13. The molecule has 0 aromatic heterocycles. The first-order valence-corrected chi connectivity index (χ1v) is 10.5. The van der Waals surface area contributed by atoms with Gasteiger partial charge in [0.2, 0.25) is 0 Å². The maximum absolute atomic E-state index is 12.8. The number of hydrogen-bond donors (Lipinski definition) is 1. The van der Waals surface area contributed by atoms with Crippen LogP contribution >= 0.6 is 11.6 Å². The molecule has 0 atom stereocenters. The van der Waals surface area contributed by atoms with E-state index in [1.165, 1.54) is 0 Å². The van der Waals surface area contributed by atoms with E-state index in [-0.39, 0.29) is 10.7 Å². The quantitative estimate of drug-likeness (QED) is 0.631. The molecule has 0 amide bonds. The Labute approximate surface area is 169 Å². The van der Waals surface area contributed by atoms with Gasteiger partial charge in [0.25, 0.3) is 10.0 Å². The number of nitrogens with zero attached hydrogens (tertiary/aromatic N) is 1. The zero-order valence-corrected chi connectivity index (χ0v) is 16.6. The normalized spacial score (nSPS) is 16.2. The molecular weight excluding hydrogens is 392 g/mol. The number of amidine groups is 1. The van der Waals surface area contributed by atoms with E-state index in [1.807, 2.05) is 49.4 Å². The minimum Gasteiger partial charge on any atom is -0.339 e. The van der Waals surface area contributed by atoms with Gasteiger partial charge in [-0.05, 0) is 48.9 Å². The summed E-state index contributed by atoms with van der Waals surface area (Å²) in [5.41, 5.74) is 4.18. The fourth-order valence-electron chi connectivity index (χ4n) is 2.99. The molecule has 6 heteroatoms. The Bertz CT molecular complexity index is 1200. The van der Waals surface area contributed by atoms with Crippen LogP contribution in [-0.4, -0.2) is 14.3 Å². The second-order valence-corrected chi connectivity index (χ2v) is 8.55. The van der Waals surface area contributed by atoms with Gasteiger partial charge in [-0.15, -0.1) is 4.40 Å². The lowest BCUT2D eigenvalue weighted by Crippen LogP contribution is -2.10. The van der Waals surface area contributed by atoms with E-state index < -0.39 is 10.0 Å². The van der Waals surface area contributed by atoms with Crippen molar-refractivity contribution in [2.45, 2.75) is 11.8 Å². The molecule has 0 bridgehead atoms. The summed E-state index contributed by atoms with van der Waals surface area (Å²) in [6.45, 7) is 1.90. The van der Waals surface area contributed by atoms with Gasteiger partial charge in [-0.2, -0.15) is 8.42 Å². The van der Waals surface area contributed by atoms with Gasteiger partial charge in [0.05, 0.1) is 4.90 Å². The fraction of sp³-hybridized carbons (Fsp3) is 0.0455. The van der Waals surface area contributed by atoms with E-state index in [1.54, 1.807) is 36.4 Å². The van der Waals surface area contributed by atoms with Gasteiger partial charge >= 0.3 is 0 Å². The monoisotopic (exact) mass is 408 g/mol. The molecule has 4 nitrogen and oxygen atoms in total. The second-order valence-electron chi connectivity index (χ2n) is 6.51. The Hall–Kier alpha value is -2.89. The Morgan fingerprint density at radius 3 is 2.39 bits per heavy atom. The highest BCUT2D eigenvalue weighted by Gasteiger charge is 2.25. The van der Waals surface area contributed by atoms with Crippen LogP contribution in [0, 0.1) is 6.92 Å². The van der Waals surface area contributed by atoms with Crippen LogP contribution in [0.25, 0.3) is 11.6 Å². The van der Waals surface area contributed by atoms with E-state index in [0.717, 1.165) is 22.4 Å². The number of aryl methyl sites for hydroxylation is 1. The van der Waals surface area contributed by atoms with Crippen molar-refractivity contribution in [1.29, 1.82) is 0 Å². The lowest BCUT2D eigenvalue weighted by atomic mass is 10.0. The Morgan fingerprint density at radius 1 is 0.964 bits per heavy atom. The van der Waals surface area contributed by atoms with Crippen LogP contribution in [0.1, 0.15) is 16.7 Å². The topological polar surface area (TPSA) is 58.5 Å². The summed E-state index contributed by atoms with van der Waals surface area (Å²) >= 11 is 6.17. The summed E-state index contributed by atoms with van der Waals surface area (Å²) in [4.78, 5) is 0.153. The molecule has 0 unspecified atom stereocenters. The van der Waals surface area contributed by atoms with Gasteiger partial charge in [-0.25, -0.2) is 0 Å². The highest BCUT2D eigenvalue weighted by Crippen LogP contribution is 2.36. The number of sulfonamides is 1. The maximum Gasteiger partial charge on any atom is 0.284 e. The lowest BCUT2D eigenvalue weighted by molar-refractivity contribution is 0.598. The Kier molecular flexibility index (Phi) is 4.79. The number of benzene rings is 3. The van der Waals surface area contributed by atoms with Crippen LogP contribution in [-0.2, 0) is 10.0 Å². The van der Waals surface area contributed by atoms with Crippen molar-refractivity contribution in [3.05, 3.63) is 94.5 Å². The number of hydrogen-bond acceptors (Lipinski definition) is 2. The standard InChI is InChI=1S/C22H17ClN2O2S/c1-15-7-10-18(11-8-15)28(26,27)25-22-20(13-16-5-3-2-4-6-16)19-14-17(23)9-12-21(19)24-22/h2-14H,1H3,(H,24,25). The molecule has 3 aromatic carbocycles. The summed E-state index contributed by atoms with van der Waals surface area (Å²) in [5.74, 6) is 0.279. The van der Waals surface area contributed by atoms with Gasteiger partial charge in [0.1, 0.15) is 0 Å². The molecule has 0 spiro atoms. The minimum absolute atomic E-state index is 0.153. The van der Waals surface area contributed by atoms with Crippen molar-refractivity contribution in [1.82, 2.24) is 0 Å². The summed E-state index contributed by atoms with van der Waals surface area (Å²) in [6.07, 6.45) is 1.90. The second kappa shape index (κ2) is 7.26. The third-order valence-corrected chi connectivity index (χ3v) is 5.95. The third-order valence-electron chi connectivity index (χ3n) is 4.42. The van der Waals surface area contributed by atoms with Crippen molar-refractivity contribution < 1.29 is 8.42 Å². The van der Waals surface area contributed by atoms with Crippen molar-refractivity contribution in [2.24, 2.45) is 4.40 Å². The zero-order chi connectivity index (χ0) is 19.7. The highest BCUT2D eigenvalue weighted by molar-refractivity contribution is 7.90. The Balaban J connectivity index is 1.84. The molecule has 4 rings (SSSR count). The number of nitrogens with one attached hydrogen (secondary N) is 1. The van der Waals surface area contributed by atoms with E-state index in [2.05, 4.69) is 9.71 Å². The van der Waals surface area contributed by atoms with Crippen LogP contribution in [0.2, 0.25) is 5.02 Å². The predicted octanol–water partition coefficient (Wildman–Crippen LogP) is 5.40. The van der Waals surface area contributed by atoms with Gasteiger partial charge in [-0.3, -0.25) is 0 Å². The van der Waals surface area contributed by atoms with E-state index >= 15 is 0 Å². The molecule has 0 aliphatic carbocycles. The van der Waals surface area contributed by atoms with Crippen LogP contribution < -0.4 is 5.32 Å². The molecule has 1 aliphatic heterocycles. The van der Waals surface area contributed by atoms with Crippen molar-refractivity contribution >= 4 is 44.8 Å². The third kappa shape index (κ3) is 3.72. The highest BCUT2D eigenvalue weighted by atomic mass is 35.5. The number of halogens is 1. The number of anilines is 1. The van der Waals surface area contributed by atoms with Crippen LogP contribution in [0.4, 0.5) is 5.69 Å². The molecule has 28 heavy (non-hydrogen) atoms. The molecule has 0 saturated carbocycles. The van der Waals surface area contributed by atoms with Crippen molar-refractivity contribution in [3.63, 3.8) is 0 Å². The SMILES string of the molecule is Cc1ccc(S(=O)(=O)N=C2Nc3ccc(Cl)cc3C2=Cc2ccccc2)cc1. The zero-order valence-electron chi connectivity index (χ0n) is 15.1. The molecule has 140 valence electrons. The summed E-state index contributed by atoms with van der Waals surface area (Å²) < 4.78 is 29.8. The summed E-state index contributed by atoms with van der Waals surface area (Å²) in [5, 5.41) is 3.68. The van der Waals surface area contributed by atoms with Crippen molar-refractivity contribution in [3.8, 4) is 0 Å². The number of fused-ring (bicyclic) bond motifs is 1. The molecule has 1 N–H and O–H groups in total. The first kappa shape index (κ1) is 18.5. The first-order valence-electron chi connectivity index (χ1n) is 8.68. The molecule has 0 radical (unpaired) electrons. The smallest absolute Gasteiger partial charge is 0.284 e. The van der Waals surface area contributed by atoms with Gasteiger partial charge in [0, 0.05) is 21.8 Å². The molecule has 3 aromatic rings. The molecule has 1 aliphatic rings. The van der Waals surface area contributed by atoms with Gasteiger partial charge in [-0.1, -0.05) is 59.6 Å². The first-order chi connectivity index (χ1) is 13.4. The van der Waals surface area contributed by atoms with Crippen molar-refractivity contribution in [2.75, 3.05) is 5.32 Å². The average Bonchev–Trinajstić information content (AvgIpc) is 2.99. The molecule has 1 heterocycles. The Morgan fingerprint density at radius 2 is 1.68 bits per heavy atom. The van der Waals surface area contributed by atoms with Gasteiger partial charge < -0.3 is 5.32 Å². The summed E-state index contributed by atoms with van der Waals surface area (Å²) in [7, 11) is -3.86. The lowest BCUT2D eigenvalue weighted by Gasteiger charge is -2.04. The molecule has 0 saturated heterocycles. The average molecular weight is 409 g/mol. The van der Waals surface area contributed by atoms with Crippen LogP contribution in [0.15, 0.2) is 82.1 Å². The molecule has 0 fully saturated rings. The van der Waals surface area contributed by atoms with Crippen LogP contribution in [0.5, 0.6) is 0 Å². The van der Waals surface area contributed by atoms with E-state index in [0.29, 0.717) is 10.6 Å².